The van der Waals surface area contributed by atoms with Gasteiger partial charge in [-0.05, 0) is 56.0 Å². The van der Waals surface area contributed by atoms with Crippen molar-refractivity contribution in [3.05, 3.63) is 58.7 Å². The van der Waals surface area contributed by atoms with Crippen LogP contribution in [0.1, 0.15) is 41.1 Å². The first-order valence-corrected chi connectivity index (χ1v) is 9.24. The molecular formula is C22H27NO4. The van der Waals surface area contributed by atoms with Gasteiger partial charge in [-0.1, -0.05) is 23.8 Å². The number of carbonyl (C=O) groups is 1. The number of methoxy groups -OCH3 is 2. The highest BCUT2D eigenvalue weighted by molar-refractivity contribution is 5.74. The molecule has 1 saturated heterocycles. The monoisotopic (exact) mass is 369 g/mol. The number of hydrogen-bond donors (Lipinski definition) is 1. The summed E-state index contributed by atoms with van der Waals surface area (Å²) in [6, 6.07) is 11.3. The lowest BCUT2D eigenvalue weighted by Gasteiger charge is -2.34. The van der Waals surface area contributed by atoms with Crippen LogP contribution in [0.3, 0.4) is 0 Å². The molecule has 1 aliphatic rings. The van der Waals surface area contributed by atoms with Crippen molar-refractivity contribution in [1.29, 1.82) is 0 Å². The Bertz CT molecular complexity index is 833. The maximum Gasteiger partial charge on any atom is 0.320 e. The second-order valence-electron chi connectivity index (χ2n) is 7.10. The van der Waals surface area contributed by atoms with Crippen molar-refractivity contribution in [3.8, 4) is 11.5 Å². The lowest BCUT2D eigenvalue weighted by atomic mass is 9.91. The Kier molecular flexibility index (Phi) is 5.71. The van der Waals surface area contributed by atoms with Crippen LogP contribution in [0.4, 0.5) is 0 Å². The molecule has 5 heteroatoms. The third-order valence-electron chi connectivity index (χ3n) is 5.36. The molecule has 0 saturated carbocycles. The molecule has 3 rings (SSSR count). The Morgan fingerprint density at radius 3 is 2.52 bits per heavy atom. The van der Waals surface area contributed by atoms with Gasteiger partial charge in [-0.25, -0.2) is 0 Å². The molecule has 1 fully saturated rings. The molecule has 2 atom stereocenters. The first-order valence-electron chi connectivity index (χ1n) is 9.24. The molecule has 2 aromatic carbocycles. The van der Waals surface area contributed by atoms with Gasteiger partial charge in [0, 0.05) is 12.1 Å². The standard InChI is InChI=1S/C22H27NO4/c1-14-7-9-17(15(2)12-14)21(23-11-5-6-19(23)22(24)25)18-13-16(26-3)8-10-20(18)27-4/h7-10,12-13,19,21H,5-6,11H2,1-4H3,(H,24,25). The summed E-state index contributed by atoms with van der Waals surface area (Å²) in [5.41, 5.74) is 4.35. The largest absolute Gasteiger partial charge is 0.497 e. The molecule has 2 aromatic rings. The average Bonchev–Trinajstić information content (AvgIpc) is 3.13. The van der Waals surface area contributed by atoms with Crippen LogP contribution in [0.5, 0.6) is 11.5 Å². The number of nitrogens with zero attached hydrogens (tertiary/aromatic N) is 1. The molecule has 1 heterocycles. The summed E-state index contributed by atoms with van der Waals surface area (Å²) in [5.74, 6) is 0.688. The van der Waals surface area contributed by atoms with E-state index in [1.807, 2.05) is 18.2 Å². The fraction of sp³-hybridized carbons (Fsp3) is 0.409. The van der Waals surface area contributed by atoms with E-state index in [4.69, 9.17) is 9.47 Å². The van der Waals surface area contributed by atoms with Crippen molar-refractivity contribution in [2.24, 2.45) is 0 Å². The Labute approximate surface area is 160 Å². The van der Waals surface area contributed by atoms with Crippen LogP contribution >= 0.6 is 0 Å². The van der Waals surface area contributed by atoms with Crippen LogP contribution in [-0.2, 0) is 4.79 Å². The third kappa shape index (κ3) is 3.78. The minimum absolute atomic E-state index is 0.209. The Morgan fingerprint density at radius 1 is 1.11 bits per heavy atom. The van der Waals surface area contributed by atoms with E-state index >= 15 is 0 Å². The zero-order valence-electron chi connectivity index (χ0n) is 16.4. The second kappa shape index (κ2) is 8.01. The molecule has 0 bridgehead atoms. The van der Waals surface area contributed by atoms with Gasteiger partial charge in [0.15, 0.2) is 0 Å². The minimum Gasteiger partial charge on any atom is -0.497 e. The third-order valence-corrected chi connectivity index (χ3v) is 5.36. The smallest absolute Gasteiger partial charge is 0.320 e. The van der Waals surface area contributed by atoms with E-state index in [1.165, 1.54) is 5.56 Å². The molecule has 27 heavy (non-hydrogen) atoms. The highest BCUT2D eigenvalue weighted by atomic mass is 16.5. The highest BCUT2D eigenvalue weighted by Crippen LogP contribution is 2.41. The summed E-state index contributed by atoms with van der Waals surface area (Å²) in [4.78, 5) is 14.0. The van der Waals surface area contributed by atoms with E-state index in [-0.39, 0.29) is 6.04 Å². The van der Waals surface area contributed by atoms with Crippen molar-refractivity contribution in [1.82, 2.24) is 4.90 Å². The molecule has 0 aliphatic carbocycles. The van der Waals surface area contributed by atoms with Gasteiger partial charge >= 0.3 is 5.97 Å². The quantitative estimate of drug-likeness (QED) is 0.835. The van der Waals surface area contributed by atoms with Gasteiger partial charge in [0.2, 0.25) is 0 Å². The van der Waals surface area contributed by atoms with Gasteiger partial charge < -0.3 is 14.6 Å². The Morgan fingerprint density at radius 2 is 1.89 bits per heavy atom. The van der Waals surface area contributed by atoms with Gasteiger partial charge in [-0.2, -0.15) is 0 Å². The molecule has 1 N–H and O–H groups in total. The van der Waals surface area contributed by atoms with Crippen molar-refractivity contribution in [3.63, 3.8) is 0 Å². The number of carboxylic acids is 1. The predicted octanol–water partition coefficient (Wildman–Crippen LogP) is 3.96. The average molecular weight is 369 g/mol. The van der Waals surface area contributed by atoms with Crippen molar-refractivity contribution < 1.29 is 19.4 Å². The van der Waals surface area contributed by atoms with Crippen LogP contribution < -0.4 is 9.47 Å². The van der Waals surface area contributed by atoms with E-state index in [2.05, 4.69) is 36.9 Å². The summed E-state index contributed by atoms with van der Waals surface area (Å²) in [5, 5.41) is 9.77. The fourth-order valence-electron chi connectivity index (χ4n) is 4.07. The van der Waals surface area contributed by atoms with E-state index in [9.17, 15) is 9.90 Å². The maximum atomic E-state index is 11.9. The molecule has 0 spiro atoms. The minimum atomic E-state index is -0.774. The number of rotatable bonds is 6. The van der Waals surface area contributed by atoms with Gasteiger partial charge in [-0.15, -0.1) is 0 Å². The fourth-order valence-corrected chi connectivity index (χ4v) is 4.07. The van der Waals surface area contributed by atoms with E-state index in [0.29, 0.717) is 6.42 Å². The van der Waals surface area contributed by atoms with Crippen LogP contribution in [0.2, 0.25) is 0 Å². The van der Waals surface area contributed by atoms with Crippen LogP contribution in [0, 0.1) is 13.8 Å². The molecular weight excluding hydrogens is 342 g/mol. The number of benzene rings is 2. The number of aliphatic carboxylic acids is 1. The van der Waals surface area contributed by atoms with E-state index in [0.717, 1.165) is 41.2 Å². The molecule has 0 aromatic heterocycles. The van der Waals surface area contributed by atoms with Crippen LogP contribution in [-0.4, -0.2) is 42.8 Å². The summed E-state index contributed by atoms with van der Waals surface area (Å²) in [7, 11) is 3.27. The van der Waals surface area contributed by atoms with Gasteiger partial charge in [0.25, 0.3) is 0 Å². The number of likely N-dealkylation sites (tertiary alicyclic amines) is 1. The molecule has 0 radical (unpaired) electrons. The lowest BCUT2D eigenvalue weighted by Crippen LogP contribution is -2.39. The Balaban J connectivity index is 2.20. The summed E-state index contributed by atoms with van der Waals surface area (Å²) in [6.07, 6.45) is 1.52. The number of ether oxygens (including phenoxy) is 2. The van der Waals surface area contributed by atoms with Gasteiger partial charge in [0.05, 0.1) is 20.3 Å². The molecule has 144 valence electrons. The summed E-state index contributed by atoms with van der Waals surface area (Å²) >= 11 is 0. The topological polar surface area (TPSA) is 59.0 Å². The molecule has 0 amide bonds. The van der Waals surface area contributed by atoms with Gasteiger partial charge in [-0.3, -0.25) is 9.69 Å². The summed E-state index contributed by atoms with van der Waals surface area (Å²) in [6.45, 7) is 4.87. The number of hydrogen-bond acceptors (Lipinski definition) is 4. The number of aryl methyl sites for hydroxylation is 2. The first-order chi connectivity index (χ1) is 13.0. The normalized spacial score (nSPS) is 18.3. The lowest BCUT2D eigenvalue weighted by molar-refractivity contribution is -0.142. The second-order valence-corrected chi connectivity index (χ2v) is 7.10. The zero-order chi connectivity index (χ0) is 19.6. The molecule has 5 nitrogen and oxygen atoms in total. The SMILES string of the molecule is COc1ccc(OC)c(C(c2ccc(C)cc2C)N2CCCC2C(=O)O)c1. The van der Waals surface area contributed by atoms with Crippen LogP contribution in [0.25, 0.3) is 0 Å². The zero-order valence-corrected chi connectivity index (χ0v) is 16.4. The first kappa shape index (κ1) is 19.2. The van der Waals surface area contributed by atoms with Crippen molar-refractivity contribution >= 4 is 5.97 Å². The molecule has 1 aliphatic heterocycles. The molecule has 2 unspecified atom stereocenters. The van der Waals surface area contributed by atoms with Crippen LogP contribution in [0.15, 0.2) is 36.4 Å². The maximum absolute atomic E-state index is 11.9. The van der Waals surface area contributed by atoms with E-state index in [1.54, 1.807) is 14.2 Å². The van der Waals surface area contributed by atoms with Crippen molar-refractivity contribution in [2.45, 2.75) is 38.8 Å². The summed E-state index contributed by atoms with van der Waals surface area (Å²) < 4.78 is 11.1. The Hall–Kier alpha value is -2.53. The van der Waals surface area contributed by atoms with Crippen molar-refractivity contribution in [2.75, 3.05) is 20.8 Å². The predicted molar refractivity (Wildman–Crippen MR) is 105 cm³/mol. The highest BCUT2D eigenvalue weighted by Gasteiger charge is 2.38. The van der Waals surface area contributed by atoms with Gasteiger partial charge in [0.1, 0.15) is 17.5 Å². The van der Waals surface area contributed by atoms with E-state index < -0.39 is 12.0 Å². The number of carboxylic acid groups (broad SMARTS) is 1.